The molecule has 1 aromatic carbocycles. The molecule has 106 valence electrons. The second-order valence-electron chi connectivity index (χ2n) is 5.90. The lowest BCUT2D eigenvalue weighted by molar-refractivity contribution is -0.124. The Morgan fingerprint density at radius 2 is 2.15 bits per heavy atom. The highest BCUT2D eigenvalue weighted by Crippen LogP contribution is 2.31. The van der Waals surface area contributed by atoms with Crippen LogP contribution in [-0.2, 0) is 11.2 Å². The molecule has 1 heterocycles. The number of carbonyl (C=O) groups excluding carboxylic acids is 1. The van der Waals surface area contributed by atoms with Crippen molar-refractivity contribution < 1.29 is 4.79 Å². The van der Waals surface area contributed by atoms with Gasteiger partial charge in [0.15, 0.2) is 0 Å². The average Bonchev–Trinajstić information content (AvgIpc) is 2.47. The molecule has 3 rings (SSSR count). The highest BCUT2D eigenvalue weighted by Gasteiger charge is 2.32. The fraction of sp³-hybridized carbons (Fsp3) is 0.471. The third-order valence-electron chi connectivity index (χ3n) is 4.52. The molecule has 1 aliphatic heterocycles. The molecule has 3 heteroatoms. The Kier molecular flexibility index (Phi) is 3.88. The minimum absolute atomic E-state index is 0.219. The van der Waals surface area contributed by atoms with Gasteiger partial charge in [0.05, 0.1) is 0 Å². The maximum atomic E-state index is 11.9. The summed E-state index contributed by atoms with van der Waals surface area (Å²) >= 11 is 0. The number of fused-ring (bicyclic) bond motifs is 1. The molecule has 3 nitrogen and oxygen atoms in total. The second kappa shape index (κ2) is 5.80. The Bertz CT molecular complexity index is 523. The number of amides is 1. The molecule has 0 fully saturated rings. The number of hydrogen-bond donors (Lipinski definition) is 1. The summed E-state index contributed by atoms with van der Waals surface area (Å²) in [5, 5.41) is 0. The largest absolute Gasteiger partial charge is 0.368 e. The fourth-order valence-electron chi connectivity index (χ4n) is 3.50. The first kappa shape index (κ1) is 13.4. The number of carbonyl (C=O) groups is 1. The van der Waals surface area contributed by atoms with Gasteiger partial charge in [0.2, 0.25) is 5.91 Å². The summed E-state index contributed by atoms with van der Waals surface area (Å²) in [5.41, 5.74) is 8.07. The topological polar surface area (TPSA) is 46.3 Å². The maximum Gasteiger partial charge on any atom is 0.239 e. The summed E-state index contributed by atoms with van der Waals surface area (Å²) in [7, 11) is 0. The predicted octanol–water partition coefficient (Wildman–Crippen LogP) is 2.43. The summed E-state index contributed by atoms with van der Waals surface area (Å²) in [6.45, 7) is 1.91. The summed E-state index contributed by atoms with van der Waals surface area (Å²) in [5.74, 6) is 0.440. The molecule has 0 saturated carbocycles. The van der Waals surface area contributed by atoms with Crippen LogP contribution in [0.5, 0.6) is 0 Å². The predicted molar refractivity (Wildman–Crippen MR) is 80.1 cm³/mol. The lowest BCUT2D eigenvalue weighted by Crippen LogP contribution is -2.44. The van der Waals surface area contributed by atoms with E-state index in [2.05, 4.69) is 29.2 Å². The van der Waals surface area contributed by atoms with Crippen molar-refractivity contribution in [3.05, 3.63) is 47.5 Å². The molecule has 0 saturated heterocycles. The van der Waals surface area contributed by atoms with Crippen molar-refractivity contribution in [2.75, 3.05) is 13.1 Å². The van der Waals surface area contributed by atoms with Gasteiger partial charge in [-0.1, -0.05) is 36.4 Å². The smallest absolute Gasteiger partial charge is 0.239 e. The molecular weight excluding hydrogens is 248 g/mol. The quantitative estimate of drug-likeness (QED) is 0.857. The summed E-state index contributed by atoms with van der Waals surface area (Å²) in [4.78, 5) is 14.2. The number of rotatable bonds is 3. The van der Waals surface area contributed by atoms with E-state index in [4.69, 9.17) is 5.73 Å². The summed E-state index contributed by atoms with van der Waals surface area (Å²) in [6, 6.07) is 7.97. The molecule has 0 radical (unpaired) electrons. The monoisotopic (exact) mass is 270 g/mol. The van der Waals surface area contributed by atoms with E-state index in [9.17, 15) is 4.79 Å². The van der Waals surface area contributed by atoms with Crippen LogP contribution >= 0.6 is 0 Å². The number of benzene rings is 1. The van der Waals surface area contributed by atoms with Gasteiger partial charge in [0.25, 0.3) is 0 Å². The third-order valence-corrected chi connectivity index (χ3v) is 4.52. The molecule has 2 N–H and O–H groups in total. The molecule has 2 unspecified atom stereocenters. The van der Waals surface area contributed by atoms with Crippen molar-refractivity contribution in [3.8, 4) is 0 Å². The normalized spacial score (nSPS) is 26.2. The van der Waals surface area contributed by atoms with Crippen LogP contribution in [-0.4, -0.2) is 23.9 Å². The molecule has 0 aromatic heterocycles. The van der Waals surface area contributed by atoms with Crippen LogP contribution in [0.25, 0.3) is 0 Å². The van der Waals surface area contributed by atoms with Crippen molar-refractivity contribution >= 4 is 5.91 Å². The fourth-order valence-corrected chi connectivity index (χ4v) is 3.50. The first-order valence-corrected chi connectivity index (χ1v) is 7.52. The van der Waals surface area contributed by atoms with Crippen molar-refractivity contribution in [2.24, 2.45) is 11.7 Å². The third kappa shape index (κ3) is 2.63. The lowest BCUT2D eigenvalue weighted by atomic mass is 9.89. The van der Waals surface area contributed by atoms with Gasteiger partial charge in [0.1, 0.15) is 6.04 Å². The second-order valence-corrected chi connectivity index (χ2v) is 5.90. The molecule has 1 aliphatic carbocycles. The van der Waals surface area contributed by atoms with Gasteiger partial charge in [-0.3, -0.25) is 9.69 Å². The van der Waals surface area contributed by atoms with E-state index >= 15 is 0 Å². The zero-order chi connectivity index (χ0) is 13.9. The summed E-state index contributed by atoms with van der Waals surface area (Å²) < 4.78 is 0. The van der Waals surface area contributed by atoms with Crippen molar-refractivity contribution in [2.45, 2.75) is 31.7 Å². The van der Waals surface area contributed by atoms with Crippen LogP contribution in [0.4, 0.5) is 0 Å². The number of hydrogen-bond acceptors (Lipinski definition) is 2. The van der Waals surface area contributed by atoms with E-state index in [-0.39, 0.29) is 11.9 Å². The van der Waals surface area contributed by atoms with Gasteiger partial charge in [-0.25, -0.2) is 0 Å². The molecule has 0 spiro atoms. The first-order valence-electron chi connectivity index (χ1n) is 7.52. The van der Waals surface area contributed by atoms with Gasteiger partial charge in [0, 0.05) is 13.1 Å². The standard InChI is InChI=1S/C17H22N2O/c18-17(20)16-15-9-5-4-8-14(15)10-11-19(16)12-13-6-2-1-3-7-13/h1-2,4-5,8-9,13,16H,3,6-7,10-12H2,(H2,18,20). The molecular formula is C17H22N2O. The zero-order valence-corrected chi connectivity index (χ0v) is 11.8. The van der Waals surface area contributed by atoms with Gasteiger partial charge in [-0.15, -0.1) is 0 Å². The Labute approximate surface area is 120 Å². The number of allylic oxidation sites excluding steroid dienone is 2. The Morgan fingerprint density at radius 3 is 2.90 bits per heavy atom. The molecule has 2 aliphatic rings. The molecule has 0 bridgehead atoms. The number of nitrogens with zero attached hydrogens (tertiary/aromatic N) is 1. The van der Waals surface area contributed by atoms with Crippen LogP contribution in [0.2, 0.25) is 0 Å². The van der Waals surface area contributed by atoms with Crippen molar-refractivity contribution in [1.29, 1.82) is 0 Å². The highest BCUT2D eigenvalue weighted by molar-refractivity contribution is 5.82. The zero-order valence-electron chi connectivity index (χ0n) is 11.8. The van der Waals surface area contributed by atoms with Crippen LogP contribution in [0.15, 0.2) is 36.4 Å². The lowest BCUT2D eigenvalue weighted by Gasteiger charge is -2.37. The van der Waals surface area contributed by atoms with Gasteiger partial charge in [-0.05, 0) is 42.7 Å². The number of nitrogens with two attached hydrogens (primary N) is 1. The molecule has 20 heavy (non-hydrogen) atoms. The van der Waals surface area contributed by atoms with Crippen LogP contribution in [0.1, 0.15) is 36.4 Å². The van der Waals surface area contributed by atoms with E-state index < -0.39 is 0 Å². The van der Waals surface area contributed by atoms with Gasteiger partial charge in [-0.2, -0.15) is 0 Å². The maximum absolute atomic E-state index is 11.9. The average molecular weight is 270 g/mol. The van der Waals surface area contributed by atoms with E-state index in [0.29, 0.717) is 5.92 Å². The SMILES string of the molecule is NC(=O)C1c2ccccc2CCN1CC1CC=CCC1. The van der Waals surface area contributed by atoms with E-state index in [1.807, 2.05) is 12.1 Å². The van der Waals surface area contributed by atoms with E-state index in [0.717, 1.165) is 37.9 Å². The van der Waals surface area contributed by atoms with E-state index in [1.165, 1.54) is 12.0 Å². The van der Waals surface area contributed by atoms with Crippen molar-refractivity contribution in [1.82, 2.24) is 4.90 Å². The highest BCUT2D eigenvalue weighted by atomic mass is 16.1. The molecule has 1 aromatic rings. The van der Waals surface area contributed by atoms with Gasteiger partial charge < -0.3 is 5.73 Å². The molecule has 1 amide bonds. The Balaban J connectivity index is 1.81. The van der Waals surface area contributed by atoms with Gasteiger partial charge >= 0.3 is 0 Å². The van der Waals surface area contributed by atoms with Crippen LogP contribution in [0, 0.1) is 5.92 Å². The minimum atomic E-state index is -0.245. The summed E-state index contributed by atoms with van der Waals surface area (Å²) in [6.07, 6.45) is 9.06. The van der Waals surface area contributed by atoms with Crippen molar-refractivity contribution in [3.63, 3.8) is 0 Å². The Morgan fingerprint density at radius 1 is 1.30 bits per heavy atom. The minimum Gasteiger partial charge on any atom is -0.368 e. The molecule has 2 atom stereocenters. The van der Waals surface area contributed by atoms with Crippen LogP contribution in [0.3, 0.4) is 0 Å². The first-order chi connectivity index (χ1) is 9.75. The Hall–Kier alpha value is -1.61. The van der Waals surface area contributed by atoms with E-state index in [1.54, 1.807) is 0 Å². The number of primary amides is 1. The van der Waals surface area contributed by atoms with Crippen LogP contribution < -0.4 is 5.73 Å².